The van der Waals surface area contributed by atoms with E-state index < -0.39 is 12.1 Å². The molecule has 1 aliphatic heterocycles. The highest BCUT2D eigenvalue weighted by molar-refractivity contribution is 7.10. The number of aromatic nitrogens is 1. The van der Waals surface area contributed by atoms with Crippen LogP contribution in [0.4, 0.5) is 24.0 Å². The van der Waals surface area contributed by atoms with Crippen molar-refractivity contribution < 1.29 is 13.2 Å². The summed E-state index contributed by atoms with van der Waals surface area (Å²) in [5, 5.41) is 9.30. The molecule has 1 aromatic rings. The average Bonchev–Trinajstić information content (AvgIpc) is 2.82. The van der Waals surface area contributed by atoms with Crippen molar-refractivity contribution in [3.8, 4) is 6.07 Å². The van der Waals surface area contributed by atoms with Crippen molar-refractivity contribution in [2.75, 3.05) is 23.7 Å². The second-order valence-electron chi connectivity index (χ2n) is 3.83. The molecule has 92 valence electrons. The number of alkyl halides is 3. The first-order valence-corrected chi connectivity index (χ1v) is 5.67. The van der Waals surface area contributed by atoms with Crippen LogP contribution in [0.1, 0.15) is 12.0 Å². The van der Waals surface area contributed by atoms with Gasteiger partial charge in [-0.1, -0.05) is 0 Å². The molecular formula is C9H9F3N4S. The number of hydrogen-bond acceptors (Lipinski definition) is 5. The third kappa shape index (κ3) is 2.15. The van der Waals surface area contributed by atoms with Crippen molar-refractivity contribution in [2.45, 2.75) is 12.6 Å². The highest BCUT2D eigenvalue weighted by atomic mass is 32.1. The second kappa shape index (κ2) is 4.07. The van der Waals surface area contributed by atoms with Crippen molar-refractivity contribution >= 4 is 22.4 Å². The fourth-order valence-corrected chi connectivity index (χ4v) is 2.63. The minimum atomic E-state index is -4.18. The third-order valence-corrected chi connectivity index (χ3v) is 3.67. The zero-order chi connectivity index (χ0) is 12.6. The first kappa shape index (κ1) is 12.0. The molecule has 2 rings (SSSR count). The molecule has 1 unspecified atom stereocenters. The number of nitriles is 1. The highest BCUT2D eigenvalue weighted by Crippen LogP contribution is 2.38. The van der Waals surface area contributed by atoms with Gasteiger partial charge in [-0.3, -0.25) is 0 Å². The maximum absolute atomic E-state index is 12.5. The third-order valence-electron chi connectivity index (χ3n) is 2.75. The molecule has 0 radical (unpaired) electrons. The number of halogens is 3. The summed E-state index contributed by atoms with van der Waals surface area (Å²) in [6.07, 6.45) is -4.13. The Bertz CT molecular complexity index is 462. The van der Waals surface area contributed by atoms with Gasteiger partial charge in [0.15, 0.2) is 5.82 Å². The van der Waals surface area contributed by atoms with Crippen LogP contribution in [0.25, 0.3) is 0 Å². The number of hydrogen-bond donors (Lipinski definition) is 1. The average molecular weight is 262 g/mol. The van der Waals surface area contributed by atoms with E-state index in [1.807, 2.05) is 6.07 Å². The van der Waals surface area contributed by atoms with E-state index in [0.29, 0.717) is 5.00 Å². The number of anilines is 2. The van der Waals surface area contributed by atoms with Crippen LogP contribution in [0.15, 0.2) is 0 Å². The molecule has 17 heavy (non-hydrogen) atoms. The molecule has 0 spiro atoms. The van der Waals surface area contributed by atoms with E-state index >= 15 is 0 Å². The smallest absolute Gasteiger partial charge is 0.382 e. The molecule has 0 aliphatic carbocycles. The Kier molecular flexibility index (Phi) is 2.87. The summed E-state index contributed by atoms with van der Waals surface area (Å²) >= 11 is 0.972. The Morgan fingerprint density at radius 3 is 2.76 bits per heavy atom. The zero-order valence-electron chi connectivity index (χ0n) is 8.66. The number of nitrogens with zero attached hydrogens (tertiary/aromatic N) is 3. The molecule has 1 aliphatic rings. The van der Waals surface area contributed by atoms with Crippen molar-refractivity contribution in [3.05, 3.63) is 5.56 Å². The van der Waals surface area contributed by atoms with Crippen LogP contribution >= 0.6 is 11.5 Å². The van der Waals surface area contributed by atoms with Gasteiger partial charge >= 0.3 is 6.18 Å². The van der Waals surface area contributed by atoms with Gasteiger partial charge in [0.05, 0.1) is 5.92 Å². The van der Waals surface area contributed by atoms with Gasteiger partial charge in [-0.25, -0.2) is 0 Å². The zero-order valence-corrected chi connectivity index (χ0v) is 9.48. The van der Waals surface area contributed by atoms with E-state index in [1.165, 1.54) is 4.90 Å². The lowest BCUT2D eigenvalue weighted by molar-refractivity contribution is -0.168. The van der Waals surface area contributed by atoms with Crippen molar-refractivity contribution in [1.29, 1.82) is 5.26 Å². The summed E-state index contributed by atoms with van der Waals surface area (Å²) in [7, 11) is 0. The lowest BCUT2D eigenvalue weighted by Gasteiger charge is -2.17. The topological polar surface area (TPSA) is 65.9 Å². The van der Waals surface area contributed by atoms with Gasteiger partial charge < -0.3 is 10.6 Å². The molecule has 1 atom stereocenters. The molecular weight excluding hydrogens is 253 g/mol. The van der Waals surface area contributed by atoms with Crippen molar-refractivity contribution in [2.24, 2.45) is 5.92 Å². The first-order valence-electron chi connectivity index (χ1n) is 4.90. The fourth-order valence-electron chi connectivity index (χ4n) is 1.83. The fraction of sp³-hybridized carbons (Fsp3) is 0.556. The SMILES string of the molecule is N#Cc1c(N)nsc1N1CCC(C(F)(F)F)C1. The van der Waals surface area contributed by atoms with E-state index in [-0.39, 0.29) is 30.9 Å². The molecule has 1 aromatic heterocycles. The van der Waals surface area contributed by atoms with Gasteiger partial charge in [-0.15, -0.1) is 0 Å². The molecule has 0 saturated carbocycles. The monoisotopic (exact) mass is 262 g/mol. The van der Waals surface area contributed by atoms with E-state index in [1.54, 1.807) is 0 Å². The largest absolute Gasteiger partial charge is 0.393 e. The molecule has 2 N–H and O–H groups in total. The summed E-state index contributed by atoms with van der Waals surface area (Å²) in [6.45, 7) is 0.153. The number of nitrogen functional groups attached to an aromatic ring is 1. The number of nitrogens with two attached hydrogens (primary N) is 1. The van der Waals surface area contributed by atoms with Gasteiger partial charge in [0.1, 0.15) is 16.6 Å². The van der Waals surface area contributed by atoms with Crippen LogP contribution in [0, 0.1) is 17.2 Å². The van der Waals surface area contributed by atoms with E-state index in [9.17, 15) is 13.2 Å². The molecule has 1 saturated heterocycles. The standard InChI is InChI=1S/C9H9F3N4S/c10-9(11,12)5-1-2-16(4-5)8-6(3-13)7(14)15-17-8/h5H,1-2,4H2,(H2,14,15). The summed E-state index contributed by atoms with van der Waals surface area (Å²) in [5.41, 5.74) is 5.65. The maximum atomic E-state index is 12.5. The van der Waals surface area contributed by atoms with Gasteiger partial charge in [0, 0.05) is 13.1 Å². The maximum Gasteiger partial charge on any atom is 0.393 e. The van der Waals surface area contributed by atoms with Gasteiger partial charge in [-0.05, 0) is 18.0 Å². The Hall–Kier alpha value is -1.49. The summed E-state index contributed by atoms with van der Waals surface area (Å²) < 4.78 is 41.3. The highest BCUT2D eigenvalue weighted by Gasteiger charge is 2.44. The van der Waals surface area contributed by atoms with E-state index in [0.717, 1.165) is 11.5 Å². The van der Waals surface area contributed by atoms with Crippen LogP contribution in [-0.4, -0.2) is 23.6 Å². The predicted octanol–water partition coefficient (Wildman–Crippen LogP) is 1.99. The molecule has 0 bridgehead atoms. The lowest BCUT2D eigenvalue weighted by atomic mass is 10.1. The Labute approximate surface area is 99.6 Å². The second-order valence-corrected chi connectivity index (χ2v) is 4.58. The predicted molar refractivity (Wildman–Crippen MR) is 57.6 cm³/mol. The quantitative estimate of drug-likeness (QED) is 0.840. The lowest BCUT2D eigenvalue weighted by Crippen LogP contribution is -2.27. The van der Waals surface area contributed by atoms with Crippen LogP contribution in [0.3, 0.4) is 0 Å². The summed E-state index contributed by atoms with van der Waals surface area (Å²) in [5.74, 6) is -1.25. The first-order chi connectivity index (χ1) is 7.93. The molecule has 2 heterocycles. The summed E-state index contributed by atoms with van der Waals surface area (Å²) in [6, 6.07) is 1.87. The molecule has 8 heteroatoms. The molecule has 0 aromatic carbocycles. The number of rotatable bonds is 1. The van der Waals surface area contributed by atoms with Gasteiger partial charge in [0.25, 0.3) is 0 Å². The van der Waals surface area contributed by atoms with Crippen LogP contribution < -0.4 is 10.6 Å². The minimum absolute atomic E-state index is 0.0478. The van der Waals surface area contributed by atoms with Crippen molar-refractivity contribution in [3.63, 3.8) is 0 Å². The minimum Gasteiger partial charge on any atom is -0.382 e. The Balaban J connectivity index is 2.19. The van der Waals surface area contributed by atoms with Crippen LogP contribution in [0.2, 0.25) is 0 Å². The normalized spacial score (nSPS) is 20.6. The molecule has 1 fully saturated rings. The summed E-state index contributed by atoms with van der Waals surface area (Å²) in [4.78, 5) is 1.53. The molecule has 4 nitrogen and oxygen atoms in total. The van der Waals surface area contributed by atoms with E-state index in [2.05, 4.69) is 4.37 Å². The van der Waals surface area contributed by atoms with Crippen LogP contribution in [0.5, 0.6) is 0 Å². The van der Waals surface area contributed by atoms with Gasteiger partial charge in [-0.2, -0.15) is 22.8 Å². The Morgan fingerprint density at radius 2 is 2.24 bits per heavy atom. The Morgan fingerprint density at radius 1 is 1.53 bits per heavy atom. The van der Waals surface area contributed by atoms with Gasteiger partial charge in [0.2, 0.25) is 0 Å². The van der Waals surface area contributed by atoms with E-state index in [4.69, 9.17) is 11.0 Å². The van der Waals surface area contributed by atoms with Crippen LogP contribution in [-0.2, 0) is 0 Å². The molecule has 0 amide bonds. The van der Waals surface area contributed by atoms with Crippen molar-refractivity contribution in [1.82, 2.24) is 4.37 Å².